The molecule has 17 heavy (non-hydrogen) atoms. The number of primary amides is 2. The Morgan fingerprint density at radius 1 is 1.18 bits per heavy atom. The number of nitrogens with two attached hydrogens (primary N) is 2. The van der Waals surface area contributed by atoms with Gasteiger partial charge in [0.2, 0.25) is 0 Å². The van der Waals surface area contributed by atoms with Gasteiger partial charge in [-0.25, -0.2) is 9.59 Å². The zero-order valence-electron chi connectivity index (χ0n) is 9.60. The summed E-state index contributed by atoms with van der Waals surface area (Å²) in [4.78, 5) is 32.1. The SMILES string of the molecule is CNC(=O)C(CCCCOC(N)=O)OC(N)=O. The number of likely N-dealkylation sites (N-methyl/N-ethyl adjacent to an activating group) is 1. The molecule has 0 aliphatic heterocycles. The summed E-state index contributed by atoms with van der Waals surface area (Å²) < 4.78 is 9.12. The van der Waals surface area contributed by atoms with E-state index in [-0.39, 0.29) is 6.61 Å². The molecule has 0 rings (SSSR count). The van der Waals surface area contributed by atoms with Gasteiger partial charge in [0, 0.05) is 7.05 Å². The Morgan fingerprint density at radius 3 is 2.29 bits per heavy atom. The fraction of sp³-hybridized carbons (Fsp3) is 0.667. The molecule has 1 atom stereocenters. The molecule has 5 N–H and O–H groups in total. The highest BCUT2D eigenvalue weighted by Crippen LogP contribution is 2.05. The Labute approximate surface area is 98.6 Å². The lowest BCUT2D eigenvalue weighted by Crippen LogP contribution is -2.37. The van der Waals surface area contributed by atoms with E-state index in [0.717, 1.165) is 0 Å². The fourth-order valence-corrected chi connectivity index (χ4v) is 1.15. The van der Waals surface area contributed by atoms with Gasteiger partial charge in [0.25, 0.3) is 5.91 Å². The molecule has 0 radical (unpaired) electrons. The topological polar surface area (TPSA) is 134 Å². The molecule has 0 saturated carbocycles. The number of nitrogens with one attached hydrogen (secondary N) is 1. The van der Waals surface area contributed by atoms with Crippen LogP contribution in [0.1, 0.15) is 19.3 Å². The minimum Gasteiger partial charge on any atom is -0.450 e. The van der Waals surface area contributed by atoms with Crippen molar-refractivity contribution in [3.05, 3.63) is 0 Å². The van der Waals surface area contributed by atoms with Crippen molar-refractivity contribution in [2.75, 3.05) is 13.7 Å². The Kier molecular flexibility index (Phi) is 7.24. The van der Waals surface area contributed by atoms with Crippen LogP contribution >= 0.6 is 0 Å². The molecular weight excluding hydrogens is 230 g/mol. The van der Waals surface area contributed by atoms with Crippen LogP contribution in [-0.2, 0) is 14.3 Å². The van der Waals surface area contributed by atoms with Gasteiger partial charge < -0.3 is 26.3 Å². The first kappa shape index (κ1) is 15.0. The van der Waals surface area contributed by atoms with Crippen molar-refractivity contribution in [2.24, 2.45) is 11.5 Å². The molecule has 0 heterocycles. The van der Waals surface area contributed by atoms with Crippen LogP contribution in [0.2, 0.25) is 0 Å². The van der Waals surface area contributed by atoms with Crippen LogP contribution in [0.3, 0.4) is 0 Å². The molecule has 0 bridgehead atoms. The molecular formula is C9H17N3O5. The summed E-state index contributed by atoms with van der Waals surface area (Å²) in [6.45, 7) is 0.159. The summed E-state index contributed by atoms with van der Waals surface area (Å²) in [5, 5.41) is 2.35. The molecule has 0 aromatic heterocycles. The van der Waals surface area contributed by atoms with E-state index in [1.807, 2.05) is 0 Å². The summed E-state index contributed by atoms with van der Waals surface area (Å²) in [5.41, 5.74) is 9.59. The van der Waals surface area contributed by atoms with Gasteiger partial charge in [-0.15, -0.1) is 0 Å². The van der Waals surface area contributed by atoms with Crippen LogP contribution in [0.15, 0.2) is 0 Å². The van der Waals surface area contributed by atoms with Gasteiger partial charge in [-0.2, -0.15) is 0 Å². The molecule has 0 aromatic carbocycles. The van der Waals surface area contributed by atoms with Crippen LogP contribution in [0, 0.1) is 0 Å². The third-order valence-electron chi connectivity index (χ3n) is 1.90. The zero-order valence-corrected chi connectivity index (χ0v) is 9.60. The van der Waals surface area contributed by atoms with Crippen molar-refractivity contribution in [1.82, 2.24) is 5.32 Å². The van der Waals surface area contributed by atoms with Crippen LogP contribution in [0.5, 0.6) is 0 Å². The third-order valence-corrected chi connectivity index (χ3v) is 1.90. The highest BCUT2D eigenvalue weighted by atomic mass is 16.6. The standard InChI is InChI=1S/C9H17N3O5/c1-12-7(13)6(17-9(11)15)4-2-3-5-16-8(10)14/h6H,2-5H2,1H3,(H2,10,14)(H2,11,15)(H,12,13). The lowest BCUT2D eigenvalue weighted by atomic mass is 10.1. The van der Waals surface area contributed by atoms with Crippen molar-refractivity contribution in [1.29, 1.82) is 0 Å². The minimum atomic E-state index is -1.01. The van der Waals surface area contributed by atoms with E-state index < -0.39 is 24.2 Å². The third kappa shape index (κ3) is 7.88. The number of carbonyl (C=O) groups is 3. The summed E-state index contributed by atoms with van der Waals surface area (Å²) in [5.74, 6) is -0.431. The fourth-order valence-electron chi connectivity index (χ4n) is 1.15. The number of ether oxygens (including phenoxy) is 2. The lowest BCUT2D eigenvalue weighted by Gasteiger charge is -2.14. The Bertz CT molecular complexity index is 282. The van der Waals surface area contributed by atoms with E-state index in [1.54, 1.807) is 0 Å². The first-order valence-corrected chi connectivity index (χ1v) is 5.07. The second-order valence-corrected chi connectivity index (χ2v) is 3.20. The predicted octanol–water partition coefficient (Wildman–Crippen LogP) is -0.538. The summed E-state index contributed by atoms with van der Waals surface area (Å²) in [6.07, 6.45) is -1.44. The zero-order chi connectivity index (χ0) is 13.3. The van der Waals surface area contributed by atoms with Gasteiger partial charge in [0.15, 0.2) is 6.10 Å². The highest BCUT2D eigenvalue weighted by Gasteiger charge is 2.19. The predicted molar refractivity (Wildman–Crippen MR) is 57.9 cm³/mol. The van der Waals surface area contributed by atoms with Crippen molar-refractivity contribution in [3.8, 4) is 0 Å². The molecule has 0 saturated heterocycles. The maximum atomic E-state index is 11.3. The molecule has 0 fully saturated rings. The second kappa shape index (κ2) is 8.20. The van der Waals surface area contributed by atoms with Gasteiger partial charge in [0.05, 0.1) is 6.61 Å². The van der Waals surface area contributed by atoms with Gasteiger partial charge in [-0.05, 0) is 19.3 Å². The van der Waals surface area contributed by atoms with Gasteiger partial charge in [-0.3, -0.25) is 4.79 Å². The molecule has 0 aromatic rings. The van der Waals surface area contributed by atoms with Crippen LogP contribution in [0.4, 0.5) is 9.59 Å². The number of hydrogen-bond donors (Lipinski definition) is 3. The number of hydrogen-bond acceptors (Lipinski definition) is 5. The second-order valence-electron chi connectivity index (χ2n) is 3.20. The number of carbonyl (C=O) groups excluding carboxylic acids is 3. The normalized spacial score (nSPS) is 11.4. The van der Waals surface area contributed by atoms with E-state index in [0.29, 0.717) is 19.3 Å². The van der Waals surface area contributed by atoms with E-state index in [1.165, 1.54) is 7.05 Å². The highest BCUT2D eigenvalue weighted by molar-refractivity contribution is 5.82. The van der Waals surface area contributed by atoms with E-state index in [4.69, 9.17) is 11.5 Å². The number of rotatable bonds is 7. The summed E-state index contributed by atoms with van der Waals surface area (Å²) in [7, 11) is 1.43. The molecule has 0 aliphatic carbocycles. The Morgan fingerprint density at radius 2 is 1.82 bits per heavy atom. The average Bonchev–Trinajstić information content (AvgIpc) is 2.25. The van der Waals surface area contributed by atoms with Crippen molar-refractivity contribution in [2.45, 2.75) is 25.4 Å². The molecule has 1 unspecified atom stereocenters. The quantitative estimate of drug-likeness (QED) is 0.519. The molecule has 0 aliphatic rings. The van der Waals surface area contributed by atoms with E-state index >= 15 is 0 Å². The van der Waals surface area contributed by atoms with E-state index in [9.17, 15) is 14.4 Å². The Balaban J connectivity index is 3.87. The van der Waals surface area contributed by atoms with Crippen molar-refractivity contribution < 1.29 is 23.9 Å². The van der Waals surface area contributed by atoms with E-state index in [2.05, 4.69) is 14.8 Å². The smallest absolute Gasteiger partial charge is 0.405 e. The monoisotopic (exact) mass is 247 g/mol. The van der Waals surface area contributed by atoms with Crippen LogP contribution < -0.4 is 16.8 Å². The van der Waals surface area contributed by atoms with Crippen LogP contribution in [-0.4, -0.2) is 37.9 Å². The summed E-state index contributed by atoms with van der Waals surface area (Å²) in [6, 6.07) is 0. The van der Waals surface area contributed by atoms with Gasteiger partial charge in [-0.1, -0.05) is 0 Å². The van der Waals surface area contributed by atoms with Gasteiger partial charge >= 0.3 is 12.2 Å². The molecule has 8 nitrogen and oxygen atoms in total. The minimum absolute atomic E-state index is 0.159. The van der Waals surface area contributed by atoms with Crippen molar-refractivity contribution >= 4 is 18.1 Å². The Hall–Kier alpha value is -1.99. The van der Waals surface area contributed by atoms with Crippen molar-refractivity contribution in [3.63, 3.8) is 0 Å². The first-order chi connectivity index (χ1) is 7.97. The van der Waals surface area contributed by atoms with Crippen LogP contribution in [0.25, 0.3) is 0 Å². The average molecular weight is 247 g/mol. The lowest BCUT2D eigenvalue weighted by molar-refractivity contribution is -0.129. The maximum Gasteiger partial charge on any atom is 0.405 e. The number of amides is 3. The summed E-state index contributed by atoms with van der Waals surface area (Å²) >= 11 is 0. The number of unbranched alkanes of at least 4 members (excludes halogenated alkanes) is 1. The molecule has 0 spiro atoms. The largest absolute Gasteiger partial charge is 0.450 e. The maximum absolute atomic E-state index is 11.3. The molecule has 98 valence electrons. The molecule has 8 heteroatoms. The van der Waals surface area contributed by atoms with Gasteiger partial charge in [0.1, 0.15) is 0 Å². The molecule has 3 amide bonds. The first-order valence-electron chi connectivity index (χ1n) is 5.07.